The second-order valence-electron chi connectivity index (χ2n) is 3.92. The molecule has 0 aliphatic carbocycles. The molecule has 0 radical (unpaired) electrons. The van der Waals surface area contributed by atoms with Gasteiger partial charge < -0.3 is 0 Å². The summed E-state index contributed by atoms with van der Waals surface area (Å²) in [7, 11) is 0.691. The van der Waals surface area contributed by atoms with E-state index in [1.165, 1.54) is 38.5 Å². The van der Waals surface area contributed by atoms with Gasteiger partial charge >= 0.3 is 105 Å². The van der Waals surface area contributed by atoms with Crippen LogP contribution in [0.5, 0.6) is 0 Å². The summed E-state index contributed by atoms with van der Waals surface area (Å²) < 4.78 is 0. The Morgan fingerprint density at radius 3 is 2.12 bits per heavy atom. The van der Waals surface area contributed by atoms with Crippen molar-refractivity contribution in [2.24, 2.45) is 0 Å². The van der Waals surface area contributed by atoms with Crippen LogP contribution in [-0.4, -0.2) is 0 Å². The monoisotopic (exact) mass is 256 g/mol. The first-order valence-electron chi connectivity index (χ1n) is 6.58. The third-order valence-corrected chi connectivity index (χ3v) is 4.84. The molecule has 0 bridgehead atoms. The van der Waals surface area contributed by atoms with Gasteiger partial charge in [0.05, 0.1) is 0 Å². The van der Waals surface area contributed by atoms with E-state index in [1.807, 2.05) is 0 Å². The Hall–Kier alpha value is -0.0200. The molecule has 0 saturated carbocycles. The molecule has 1 unspecified atom stereocenters. The molecule has 92 valence electrons. The Labute approximate surface area is 105 Å². The second kappa shape index (κ2) is 15.0. The van der Waals surface area contributed by atoms with Crippen molar-refractivity contribution < 1.29 is 0 Å². The van der Waals surface area contributed by atoms with E-state index in [0.29, 0.717) is 0 Å². The summed E-state index contributed by atoms with van der Waals surface area (Å²) in [5.74, 6) is 6.54. The molecule has 0 rings (SSSR count). The average Bonchev–Trinajstić information content (AvgIpc) is 2.31. The zero-order chi connectivity index (χ0) is 11.9. The van der Waals surface area contributed by atoms with Crippen LogP contribution in [0.15, 0.2) is 0 Å². The molecule has 0 aromatic rings. The van der Waals surface area contributed by atoms with Gasteiger partial charge in [-0.3, -0.25) is 0 Å². The minimum atomic E-state index is -0.169. The number of unbranched alkanes of at least 4 members (excludes halogenated alkanes) is 6. The van der Waals surface area contributed by atoms with Crippen molar-refractivity contribution in [2.75, 3.05) is 0 Å². The predicted octanol–water partition coefficient (Wildman–Crippen LogP) is 4.81. The van der Waals surface area contributed by atoms with Crippen LogP contribution in [0.4, 0.5) is 0 Å². The molecule has 0 fully saturated rings. The summed E-state index contributed by atoms with van der Waals surface area (Å²) in [6.07, 6.45) is 10.0. The van der Waals surface area contributed by atoms with E-state index in [-0.39, 0.29) is 8.27 Å². The molecule has 1 atom stereocenters. The fourth-order valence-corrected chi connectivity index (χ4v) is 3.30. The van der Waals surface area contributed by atoms with Gasteiger partial charge in [0.15, 0.2) is 0 Å². The molecule has 0 saturated heterocycles. The summed E-state index contributed by atoms with van der Waals surface area (Å²) in [6.45, 7) is 4.47. The topological polar surface area (TPSA) is 0 Å². The van der Waals surface area contributed by atoms with Crippen LogP contribution in [0.1, 0.15) is 65.2 Å². The van der Waals surface area contributed by atoms with Gasteiger partial charge in [0.25, 0.3) is 0 Å². The first-order valence-corrected chi connectivity index (χ1v) is 10.6. The Morgan fingerprint density at radius 2 is 1.50 bits per heavy atom. The van der Waals surface area contributed by atoms with Gasteiger partial charge in [0.1, 0.15) is 0 Å². The Morgan fingerprint density at radius 1 is 0.875 bits per heavy atom. The van der Waals surface area contributed by atoms with Crippen molar-refractivity contribution in [1.82, 2.24) is 0 Å². The molecule has 0 aliphatic heterocycles. The van der Waals surface area contributed by atoms with Gasteiger partial charge in [0, 0.05) is 0 Å². The fraction of sp³-hybridized carbons (Fsp3) is 0.714. The number of hydrogen-bond acceptors (Lipinski definition) is 0. The van der Waals surface area contributed by atoms with Crippen LogP contribution in [-0.2, 0) is 0 Å². The molecule has 0 aliphatic rings. The normalized spacial score (nSPS) is 9.88. The van der Waals surface area contributed by atoms with E-state index in [4.69, 9.17) is 0 Å². The van der Waals surface area contributed by atoms with Crippen LogP contribution in [0.3, 0.4) is 0 Å². The number of rotatable bonds is 7. The van der Waals surface area contributed by atoms with Crippen LogP contribution in [0, 0.1) is 23.2 Å². The second-order valence-corrected chi connectivity index (χ2v) is 7.36. The van der Waals surface area contributed by atoms with E-state index in [2.05, 4.69) is 37.0 Å². The van der Waals surface area contributed by atoms with Crippen LogP contribution in [0.25, 0.3) is 0 Å². The molecule has 0 aromatic heterocycles. The summed E-state index contributed by atoms with van der Waals surface area (Å²) in [4.78, 5) is 0. The Kier molecular flexibility index (Phi) is 15.0. The van der Waals surface area contributed by atoms with Crippen molar-refractivity contribution in [3.8, 4) is 23.2 Å². The van der Waals surface area contributed by atoms with E-state index in [1.54, 1.807) is 0 Å². The Balaban J connectivity index is 3.24. The predicted molar refractivity (Wildman–Crippen MR) is 83.3 cm³/mol. The molecule has 0 aromatic carbocycles. The standard InChI is InChI=1S/C14H26P2/c1-3-5-7-9-11-13-15-16-14-12-10-8-6-4-2/h15H,3-10H2,1-2,16H3. The minimum absolute atomic E-state index is 0.169. The fourth-order valence-electron chi connectivity index (χ4n) is 1.29. The Bertz CT molecular complexity index is 221. The summed E-state index contributed by atoms with van der Waals surface area (Å²) in [5, 5.41) is 0. The first kappa shape index (κ1) is 16.0. The summed E-state index contributed by atoms with van der Waals surface area (Å²) in [5.41, 5.74) is 6.63. The average molecular weight is 256 g/mol. The van der Waals surface area contributed by atoms with Crippen LogP contribution < -0.4 is 0 Å². The zero-order valence-electron chi connectivity index (χ0n) is 10.9. The van der Waals surface area contributed by atoms with Gasteiger partial charge in [-0.1, -0.05) is 0 Å². The molecule has 0 spiro atoms. The number of hydrogen-bond donors (Lipinski definition) is 0. The molecule has 0 amide bonds. The maximum absolute atomic E-state index is 3.35. The van der Waals surface area contributed by atoms with Crippen molar-refractivity contribution in [3.63, 3.8) is 0 Å². The maximum atomic E-state index is 3.35. The molecular formula is C14H26P2. The van der Waals surface area contributed by atoms with Gasteiger partial charge in [-0.25, -0.2) is 0 Å². The molecule has 0 heterocycles. The van der Waals surface area contributed by atoms with Crippen molar-refractivity contribution in [1.29, 1.82) is 0 Å². The quantitative estimate of drug-likeness (QED) is 0.348. The van der Waals surface area contributed by atoms with E-state index in [0.717, 1.165) is 21.1 Å². The van der Waals surface area contributed by atoms with Gasteiger partial charge in [-0.2, -0.15) is 0 Å². The van der Waals surface area contributed by atoms with Crippen LogP contribution in [0.2, 0.25) is 0 Å². The molecule has 0 nitrogen and oxygen atoms in total. The zero-order valence-corrected chi connectivity index (χ0v) is 13.3. The van der Waals surface area contributed by atoms with Gasteiger partial charge in [0.2, 0.25) is 0 Å². The summed E-state index contributed by atoms with van der Waals surface area (Å²) >= 11 is 0. The molecule has 2 heteroatoms. The third kappa shape index (κ3) is 14.0. The van der Waals surface area contributed by atoms with Crippen molar-refractivity contribution >= 4 is 16.5 Å². The van der Waals surface area contributed by atoms with Crippen molar-refractivity contribution in [2.45, 2.75) is 65.2 Å². The van der Waals surface area contributed by atoms with Gasteiger partial charge in [-0.05, 0) is 0 Å². The van der Waals surface area contributed by atoms with E-state index >= 15 is 0 Å². The molecular weight excluding hydrogens is 230 g/mol. The summed E-state index contributed by atoms with van der Waals surface area (Å²) in [6, 6.07) is 0. The molecule has 16 heavy (non-hydrogen) atoms. The first-order chi connectivity index (χ1) is 7.91. The van der Waals surface area contributed by atoms with Crippen LogP contribution >= 0.6 is 16.5 Å². The van der Waals surface area contributed by atoms with Crippen molar-refractivity contribution in [3.05, 3.63) is 0 Å². The third-order valence-electron chi connectivity index (χ3n) is 2.29. The SMILES string of the molecule is CCCCCC#CP[PH3]C#CCCCCC. The van der Waals surface area contributed by atoms with E-state index < -0.39 is 0 Å². The molecule has 0 N–H and O–H groups in total. The van der Waals surface area contributed by atoms with Gasteiger partial charge in [-0.15, -0.1) is 0 Å². The van der Waals surface area contributed by atoms with E-state index in [9.17, 15) is 0 Å².